The SMILES string of the molecule is O=C(NCC[C@@H](O)CO)c1sccc1Cl. The van der Waals surface area contributed by atoms with Gasteiger partial charge in [-0.3, -0.25) is 4.79 Å². The summed E-state index contributed by atoms with van der Waals surface area (Å²) in [5.74, 6) is -0.250. The standard InChI is InChI=1S/C9H12ClNO3S/c10-7-2-4-15-8(7)9(14)11-3-1-6(13)5-12/h2,4,6,12-13H,1,3,5H2,(H,11,14)/t6-/m1/s1. The van der Waals surface area contributed by atoms with Gasteiger partial charge in [-0.1, -0.05) is 11.6 Å². The zero-order valence-electron chi connectivity index (χ0n) is 7.94. The van der Waals surface area contributed by atoms with E-state index >= 15 is 0 Å². The van der Waals surface area contributed by atoms with E-state index in [0.717, 1.165) is 0 Å². The Morgan fingerprint density at radius 2 is 2.40 bits per heavy atom. The molecule has 0 bridgehead atoms. The molecule has 1 atom stereocenters. The molecule has 0 spiro atoms. The van der Waals surface area contributed by atoms with Crippen molar-refractivity contribution in [3.8, 4) is 0 Å². The number of carbonyl (C=O) groups is 1. The highest BCUT2D eigenvalue weighted by Crippen LogP contribution is 2.21. The highest BCUT2D eigenvalue weighted by Gasteiger charge is 2.11. The molecule has 0 saturated heterocycles. The summed E-state index contributed by atoms with van der Waals surface area (Å²) in [6.07, 6.45) is -0.463. The maximum atomic E-state index is 11.5. The third kappa shape index (κ3) is 3.79. The molecule has 1 aromatic rings. The van der Waals surface area contributed by atoms with E-state index in [9.17, 15) is 4.79 Å². The summed E-state index contributed by atoms with van der Waals surface area (Å²) < 4.78 is 0. The molecule has 0 aliphatic carbocycles. The van der Waals surface area contributed by atoms with E-state index in [1.165, 1.54) is 11.3 Å². The zero-order chi connectivity index (χ0) is 11.3. The number of carbonyl (C=O) groups excluding carboxylic acids is 1. The zero-order valence-corrected chi connectivity index (χ0v) is 9.51. The topological polar surface area (TPSA) is 69.6 Å². The third-order valence-corrected chi connectivity index (χ3v) is 3.14. The number of amides is 1. The summed E-state index contributed by atoms with van der Waals surface area (Å²) in [6, 6.07) is 1.66. The van der Waals surface area contributed by atoms with Crippen LogP contribution in [0.3, 0.4) is 0 Å². The van der Waals surface area contributed by atoms with Crippen LogP contribution in [0.2, 0.25) is 5.02 Å². The van der Waals surface area contributed by atoms with Crippen LogP contribution in [0.1, 0.15) is 16.1 Å². The summed E-state index contributed by atoms with van der Waals surface area (Å²) in [5, 5.41) is 22.4. The van der Waals surface area contributed by atoms with E-state index in [-0.39, 0.29) is 12.5 Å². The molecule has 0 unspecified atom stereocenters. The van der Waals surface area contributed by atoms with E-state index in [1.54, 1.807) is 11.4 Å². The molecule has 0 saturated carbocycles. The molecule has 4 nitrogen and oxygen atoms in total. The highest BCUT2D eigenvalue weighted by atomic mass is 35.5. The van der Waals surface area contributed by atoms with E-state index in [4.69, 9.17) is 21.8 Å². The molecular formula is C9H12ClNO3S. The average molecular weight is 250 g/mol. The Morgan fingerprint density at radius 3 is 2.93 bits per heavy atom. The number of rotatable bonds is 5. The van der Waals surface area contributed by atoms with Crippen LogP contribution in [-0.4, -0.2) is 35.4 Å². The van der Waals surface area contributed by atoms with Crippen LogP contribution in [0.4, 0.5) is 0 Å². The third-order valence-electron chi connectivity index (χ3n) is 1.80. The molecule has 0 aliphatic rings. The van der Waals surface area contributed by atoms with Crippen LogP contribution >= 0.6 is 22.9 Å². The first-order chi connectivity index (χ1) is 7.15. The predicted octanol–water partition coefficient (Wildman–Crippen LogP) is 0.875. The van der Waals surface area contributed by atoms with Crippen molar-refractivity contribution in [2.75, 3.05) is 13.2 Å². The van der Waals surface area contributed by atoms with Crippen LogP contribution in [-0.2, 0) is 0 Å². The molecule has 84 valence electrons. The van der Waals surface area contributed by atoms with Gasteiger partial charge in [0.25, 0.3) is 5.91 Å². The Hall–Kier alpha value is -0.620. The van der Waals surface area contributed by atoms with Gasteiger partial charge >= 0.3 is 0 Å². The summed E-state index contributed by atoms with van der Waals surface area (Å²) in [5.41, 5.74) is 0. The Morgan fingerprint density at radius 1 is 1.67 bits per heavy atom. The van der Waals surface area contributed by atoms with Crippen molar-refractivity contribution in [1.82, 2.24) is 5.32 Å². The number of aliphatic hydroxyl groups excluding tert-OH is 2. The maximum absolute atomic E-state index is 11.5. The number of hydrogen-bond donors (Lipinski definition) is 3. The predicted molar refractivity (Wildman–Crippen MR) is 59.4 cm³/mol. The first kappa shape index (κ1) is 12.4. The number of hydrogen-bond acceptors (Lipinski definition) is 4. The van der Waals surface area contributed by atoms with E-state index < -0.39 is 6.10 Å². The minimum absolute atomic E-state index is 0.250. The molecule has 15 heavy (non-hydrogen) atoms. The summed E-state index contributed by atoms with van der Waals surface area (Å²) in [4.78, 5) is 11.9. The van der Waals surface area contributed by atoms with Gasteiger partial charge in [0.15, 0.2) is 0 Å². The van der Waals surface area contributed by atoms with Crippen LogP contribution in [0, 0.1) is 0 Å². The molecule has 0 aromatic carbocycles. The maximum Gasteiger partial charge on any atom is 0.262 e. The van der Waals surface area contributed by atoms with Gasteiger partial charge in [0.2, 0.25) is 0 Å². The highest BCUT2D eigenvalue weighted by molar-refractivity contribution is 7.12. The normalized spacial score (nSPS) is 12.5. The van der Waals surface area contributed by atoms with Crippen molar-refractivity contribution in [2.24, 2.45) is 0 Å². The second-order valence-corrected chi connectivity index (χ2v) is 4.30. The minimum Gasteiger partial charge on any atom is -0.394 e. The molecule has 1 rings (SSSR count). The fourth-order valence-electron chi connectivity index (χ4n) is 0.980. The molecule has 0 radical (unpaired) electrons. The number of aliphatic hydroxyl groups is 2. The number of nitrogens with one attached hydrogen (secondary N) is 1. The monoisotopic (exact) mass is 249 g/mol. The minimum atomic E-state index is -0.788. The molecule has 3 N–H and O–H groups in total. The Balaban J connectivity index is 2.34. The smallest absolute Gasteiger partial charge is 0.262 e. The van der Waals surface area contributed by atoms with E-state index in [0.29, 0.717) is 22.9 Å². The fourth-order valence-corrected chi connectivity index (χ4v) is 2.04. The van der Waals surface area contributed by atoms with E-state index in [1.807, 2.05) is 0 Å². The lowest BCUT2D eigenvalue weighted by molar-refractivity contribution is 0.0835. The van der Waals surface area contributed by atoms with E-state index in [2.05, 4.69) is 5.32 Å². The quantitative estimate of drug-likeness (QED) is 0.726. The molecule has 1 aromatic heterocycles. The molecule has 1 heterocycles. The van der Waals surface area contributed by atoms with Gasteiger partial charge in [-0.15, -0.1) is 11.3 Å². The average Bonchev–Trinajstić information content (AvgIpc) is 2.64. The fraction of sp³-hybridized carbons (Fsp3) is 0.444. The van der Waals surface area contributed by atoms with Crippen LogP contribution in [0.5, 0.6) is 0 Å². The van der Waals surface area contributed by atoms with Gasteiger partial charge in [0, 0.05) is 6.54 Å². The Kier molecular flexibility index (Phi) is 5.04. The molecular weight excluding hydrogens is 238 g/mol. The molecule has 0 fully saturated rings. The lowest BCUT2D eigenvalue weighted by Crippen LogP contribution is -2.27. The van der Waals surface area contributed by atoms with Gasteiger partial charge in [-0.2, -0.15) is 0 Å². The Labute approximate surface area is 96.5 Å². The van der Waals surface area contributed by atoms with Gasteiger partial charge in [0.1, 0.15) is 4.88 Å². The summed E-state index contributed by atoms with van der Waals surface area (Å²) >= 11 is 7.03. The summed E-state index contributed by atoms with van der Waals surface area (Å²) in [7, 11) is 0. The van der Waals surface area contributed by atoms with Crippen molar-refractivity contribution in [3.05, 3.63) is 21.3 Å². The van der Waals surface area contributed by atoms with Crippen LogP contribution in [0.25, 0.3) is 0 Å². The van der Waals surface area contributed by atoms with Gasteiger partial charge in [-0.05, 0) is 17.9 Å². The van der Waals surface area contributed by atoms with Gasteiger partial charge < -0.3 is 15.5 Å². The van der Waals surface area contributed by atoms with Crippen molar-refractivity contribution in [2.45, 2.75) is 12.5 Å². The lowest BCUT2D eigenvalue weighted by atomic mass is 10.2. The number of thiophene rings is 1. The summed E-state index contributed by atoms with van der Waals surface area (Å²) in [6.45, 7) is 0.0183. The van der Waals surface area contributed by atoms with Crippen LogP contribution in [0.15, 0.2) is 11.4 Å². The second kappa shape index (κ2) is 6.07. The van der Waals surface area contributed by atoms with Crippen molar-refractivity contribution in [3.63, 3.8) is 0 Å². The largest absolute Gasteiger partial charge is 0.394 e. The Bertz CT molecular complexity index is 329. The second-order valence-electron chi connectivity index (χ2n) is 2.98. The number of halogens is 1. The van der Waals surface area contributed by atoms with Crippen molar-refractivity contribution >= 4 is 28.8 Å². The lowest BCUT2D eigenvalue weighted by Gasteiger charge is -2.07. The van der Waals surface area contributed by atoms with Crippen molar-refractivity contribution < 1.29 is 15.0 Å². The molecule has 1 amide bonds. The van der Waals surface area contributed by atoms with Crippen LogP contribution < -0.4 is 5.32 Å². The molecule has 0 aliphatic heterocycles. The first-order valence-electron chi connectivity index (χ1n) is 4.45. The van der Waals surface area contributed by atoms with Crippen molar-refractivity contribution in [1.29, 1.82) is 0 Å². The van der Waals surface area contributed by atoms with Gasteiger partial charge in [-0.25, -0.2) is 0 Å². The molecule has 6 heteroatoms. The first-order valence-corrected chi connectivity index (χ1v) is 5.71. The van der Waals surface area contributed by atoms with Gasteiger partial charge in [0.05, 0.1) is 17.7 Å².